The van der Waals surface area contributed by atoms with Crippen LogP contribution in [0, 0.1) is 5.82 Å². The molecule has 4 nitrogen and oxygen atoms in total. The van der Waals surface area contributed by atoms with Crippen molar-refractivity contribution in [2.24, 2.45) is 0 Å². The molecule has 0 unspecified atom stereocenters. The summed E-state index contributed by atoms with van der Waals surface area (Å²) >= 11 is 3.34. The summed E-state index contributed by atoms with van der Waals surface area (Å²) in [5, 5.41) is 2.71. The predicted molar refractivity (Wildman–Crippen MR) is 87.4 cm³/mol. The molecule has 0 aliphatic heterocycles. The topological polar surface area (TPSA) is 55.4 Å². The fraction of sp³-hybridized carbons (Fsp3) is 0.176. The van der Waals surface area contributed by atoms with Crippen molar-refractivity contribution in [3.8, 4) is 0 Å². The van der Waals surface area contributed by atoms with Crippen LogP contribution < -0.4 is 5.32 Å². The van der Waals surface area contributed by atoms with E-state index in [0.717, 1.165) is 16.1 Å². The number of carbonyl (C=O) groups is 2. The molecule has 2 rings (SSSR count). The van der Waals surface area contributed by atoms with Crippen LogP contribution in [0.2, 0.25) is 0 Å². The lowest BCUT2D eigenvalue weighted by atomic mass is 10.1. The molecule has 1 N–H and O–H groups in total. The molecule has 0 bridgehead atoms. The van der Waals surface area contributed by atoms with E-state index >= 15 is 0 Å². The van der Waals surface area contributed by atoms with Crippen molar-refractivity contribution in [3.05, 3.63) is 69.9 Å². The zero-order valence-corrected chi connectivity index (χ0v) is 14.0. The van der Waals surface area contributed by atoms with Crippen LogP contribution in [0.1, 0.15) is 28.9 Å². The molecule has 0 saturated carbocycles. The maximum atomic E-state index is 13.4. The number of hydrogen-bond donors (Lipinski definition) is 1. The van der Waals surface area contributed by atoms with Gasteiger partial charge < -0.3 is 10.1 Å². The lowest BCUT2D eigenvalue weighted by Crippen LogP contribution is -2.31. The van der Waals surface area contributed by atoms with Gasteiger partial charge in [0.05, 0.1) is 11.6 Å². The minimum Gasteiger partial charge on any atom is -0.452 e. The molecule has 0 aliphatic carbocycles. The summed E-state index contributed by atoms with van der Waals surface area (Å²) in [5.41, 5.74) is 0.725. The van der Waals surface area contributed by atoms with E-state index in [1.165, 1.54) is 18.2 Å². The number of carbonyl (C=O) groups excluding carboxylic acids is 2. The summed E-state index contributed by atoms with van der Waals surface area (Å²) in [6, 6.07) is 12.7. The summed E-state index contributed by atoms with van der Waals surface area (Å²) in [6.07, 6.45) is 0. The van der Waals surface area contributed by atoms with E-state index in [1.807, 2.05) is 31.2 Å². The van der Waals surface area contributed by atoms with E-state index in [2.05, 4.69) is 21.2 Å². The number of hydrogen-bond acceptors (Lipinski definition) is 3. The molecule has 1 atom stereocenters. The maximum absolute atomic E-state index is 13.4. The van der Waals surface area contributed by atoms with Gasteiger partial charge in [0.1, 0.15) is 5.82 Å². The van der Waals surface area contributed by atoms with Crippen molar-refractivity contribution >= 4 is 27.8 Å². The fourth-order valence-electron chi connectivity index (χ4n) is 1.95. The van der Waals surface area contributed by atoms with E-state index < -0.39 is 24.3 Å². The van der Waals surface area contributed by atoms with Gasteiger partial charge in [-0.1, -0.05) is 40.2 Å². The number of halogens is 2. The van der Waals surface area contributed by atoms with Gasteiger partial charge in [-0.15, -0.1) is 0 Å². The molecular weight excluding hydrogens is 365 g/mol. The smallest absolute Gasteiger partial charge is 0.341 e. The van der Waals surface area contributed by atoms with Crippen LogP contribution in [0.4, 0.5) is 4.39 Å². The molecule has 0 aliphatic rings. The maximum Gasteiger partial charge on any atom is 0.341 e. The molecule has 0 fully saturated rings. The number of rotatable bonds is 5. The van der Waals surface area contributed by atoms with Crippen LogP contribution in [0.3, 0.4) is 0 Å². The standard InChI is InChI=1S/C17H15BrFNO3/c1-11(12-6-8-13(18)9-7-12)20-16(21)10-23-17(22)14-4-2-3-5-15(14)19/h2-9,11H,10H2,1H3,(H,20,21)/t11-/m0/s1. The Labute approximate surface area is 141 Å². The monoisotopic (exact) mass is 379 g/mol. The summed E-state index contributed by atoms with van der Waals surface area (Å²) in [4.78, 5) is 23.5. The average Bonchev–Trinajstić information content (AvgIpc) is 2.53. The highest BCUT2D eigenvalue weighted by Crippen LogP contribution is 2.16. The largest absolute Gasteiger partial charge is 0.452 e. The Morgan fingerprint density at radius 1 is 1.17 bits per heavy atom. The van der Waals surface area contributed by atoms with Crippen molar-refractivity contribution in [2.75, 3.05) is 6.61 Å². The van der Waals surface area contributed by atoms with Crippen LogP contribution >= 0.6 is 15.9 Å². The molecule has 0 saturated heterocycles. The number of ether oxygens (including phenoxy) is 1. The minimum absolute atomic E-state index is 0.193. The normalized spacial score (nSPS) is 11.6. The first-order valence-electron chi connectivity index (χ1n) is 6.94. The van der Waals surface area contributed by atoms with Gasteiger partial charge in [-0.3, -0.25) is 4.79 Å². The molecular formula is C17H15BrFNO3. The Morgan fingerprint density at radius 3 is 2.48 bits per heavy atom. The van der Waals surface area contributed by atoms with E-state index in [1.54, 1.807) is 0 Å². The quantitative estimate of drug-likeness (QED) is 0.807. The SMILES string of the molecule is C[C@H](NC(=O)COC(=O)c1ccccc1F)c1ccc(Br)cc1. The Morgan fingerprint density at radius 2 is 1.83 bits per heavy atom. The van der Waals surface area contributed by atoms with Gasteiger partial charge in [-0.2, -0.15) is 0 Å². The lowest BCUT2D eigenvalue weighted by Gasteiger charge is -2.14. The first-order chi connectivity index (χ1) is 11.0. The van der Waals surface area contributed by atoms with Crippen LogP contribution in [0.5, 0.6) is 0 Å². The zero-order chi connectivity index (χ0) is 16.8. The molecule has 6 heteroatoms. The highest BCUT2D eigenvalue weighted by molar-refractivity contribution is 9.10. The van der Waals surface area contributed by atoms with Crippen molar-refractivity contribution in [3.63, 3.8) is 0 Å². The highest BCUT2D eigenvalue weighted by Gasteiger charge is 2.15. The van der Waals surface area contributed by atoms with Crippen molar-refractivity contribution in [2.45, 2.75) is 13.0 Å². The third-order valence-corrected chi connectivity index (χ3v) is 3.70. The Kier molecular flexibility index (Phi) is 5.87. The van der Waals surface area contributed by atoms with E-state index in [0.29, 0.717) is 0 Å². The van der Waals surface area contributed by atoms with E-state index in [4.69, 9.17) is 4.74 Å². The Hall–Kier alpha value is -2.21. The summed E-state index contributed by atoms with van der Waals surface area (Å²) < 4.78 is 19.2. The van der Waals surface area contributed by atoms with Gasteiger partial charge >= 0.3 is 5.97 Å². The first-order valence-corrected chi connectivity index (χ1v) is 7.73. The average molecular weight is 380 g/mol. The third kappa shape index (κ3) is 4.89. The molecule has 0 radical (unpaired) electrons. The zero-order valence-electron chi connectivity index (χ0n) is 12.4. The van der Waals surface area contributed by atoms with Crippen LogP contribution in [0.25, 0.3) is 0 Å². The molecule has 0 heterocycles. The molecule has 0 aromatic heterocycles. The van der Waals surface area contributed by atoms with Gasteiger partial charge in [0.25, 0.3) is 5.91 Å². The number of benzene rings is 2. The molecule has 120 valence electrons. The Balaban J connectivity index is 1.86. The van der Waals surface area contributed by atoms with Crippen molar-refractivity contribution in [1.29, 1.82) is 0 Å². The molecule has 2 aromatic rings. The third-order valence-electron chi connectivity index (χ3n) is 3.18. The molecule has 1 amide bonds. The van der Waals surface area contributed by atoms with Crippen molar-refractivity contribution < 1.29 is 18.7 Å². The Bertz CT molecular complexity index is 703. The minimum atomic E-state index is -0.866. The number of amides is 1. The van der Waals surface area contributed by atoms with E-state index in [-0.39, 0.29) is 11.6 Å². The first kappa shape index (κ1) is 17.1. The second-order valence-electron chi connectivity index (χ2n) is 4.90. The van der Waals surface area contributed by atoms with Gasteiger partial charge in [0.15, 0.2) is 6.61 Å². The van der Waals surface area contributed by atoms with Gasteiger partial charge in [0.2, 0.25) is 0 Å². The van der Waals surface area contributed by atoms with Gasteiger partial charge in [-0.25, -0.2) is 9.18 Å². The van der Waals surface area contributed by atoms with Crippen molar-refractivity contribution in [1.82, 2.24) is 5.32 Å². The fourth-order valence-corrected chi connectivity index (χ4v) is 2.22. The molecule has 2 aromatic carbocycles. The van der Waals surface area contributed by atoms with Crippen LogP contribution in [-0.4, -0.2) is 18.5 Å². The van der Waals surface area contributed by atoms with Crippen LogP contribution in [0.15, 0.2) is 53.0 Å². The van der Waals surface area contributed by atoms with Crippen LogP contribution in [-0.2, 0) is 9.53 Å². The number of esters is 1. The molecule has 23 heavy (non-hydrogen) atoms. The second-order valence-corrected chi connectivity index (χ2v) is 5.81. The van der Waals surface area contributed by atoms with Gasteiger partial charge in [-0.05, 0) is 36.8 Å². The summed E-state index contributed by atoms with van der Waals surface area (Å²) in [7, 11) is 0. The second kappa shape index (κ2) is 7.87. The molecule has 0 spiro atoms. The number of nitrogens with one attached hydrogen (secondary N) is 1. The van der Waals surface area contributed by atoms with Gasteiger partial charge in [0, 0.05) is 4.47 Å². The lowest BCUT2D eigenvalue weighted by molar-refractivity contribution is -0.124. The summed E-state index contributed by atoms with van der Waals surface area (Å²) in [5.74, 6) is -2.00. The van der Waals surface area contributed by atoms with E-state index in [9.17, 15) is 14.0 Å². The summed E-state index contributed by atoms with van der Waals surface area (Å²) in [6.45, 7) is 1.36. The highest BCUT2D eigenvalue weighted by atomic mass is 79.9. The predicted octanol–water partition coefficient (Wildman–Crippen LogP) is 3.62.